The lowest BCUT2D eigenvalue weighted by Crippen LogP contribution is -2.42. The van der Waals surface area contributed by atoms with Crippen molar-refractivity contribution in [1.82, 2.24) is 14.7 Å². The van der Waals surface area contributed by atoms with Crippen molar-refractivity contribution in [3.63, 3.8) is 0 Å². The Labute approximate surface area is 183 Å². The Morgan fingerprint density at radius 2 is 1.78 bits per heavy atom. The van der Waals surface area contributed by atoms with Crippen molar-refractivity contribution >= 4 is 5.91 Å². The molecule has 2 aromatic carbocycles. The molecule has 1 unspecified atom stereocenters. The van der Waals surface area contributed by atoms with Gasteiger partial charge in [0, 0.05) is 12.7 Å². The molecule has 0 N–H and O–H groups in total. The minimum absolute atomic E-state index is 0.290. The fourth-order valence-electron chi connectivity index (χ4n) is 4.04. The van der Waals surface area contributed by atoms with Crippen molar-refractivity contribution in [2.24, 2.45) is 0 Å². The van der Waals surface area contributed by atoms with Crippen molar-refractivity contribution in [2.45, 2.75) is 25.2 Å². The van der Waals surface area contributed by atoms with Gasteiger partial charge < -0.3 is 14.4 Å². The van der Waals surface area contributed by atoms with Crippen molar-refractivity contribution < 1.29 is 27.4 Å². The number of rotatable bonds is 5. The molecule has 9 heteroatoms. The molecular weight excluding hydrogens is 423 g/mol. The first-order valence-electron chi connectivity index (χ1n) is 10.0. The van der Waals surface area contributed by atoms with Crippen LogP contribution in [0.25, 0.3) is 0 Å². The van der Waals surface area contributed by atoms with Gasteiger partial charge in [-0.05, 0) is 41.3 Å². The van der Waals surface area contributed by atoms with E-state index in [0.717, 1.165) is 27.4 Å². The van der Waals surface area contributed by atoms with Crippen molar-refractivity contribution in [2.75, 3.05) is 20.8 Å². The van der Waals surface area contributed by atoms with E-state index in [1.807, 2.05) is 42.5 Å². The molecule has 1 aliphatic rings. The van der Waals surface area contributed by atoms with Crippen molar-refractivity contribution in [3.8, 4) is 11.5 Å². The fourth-order valence-corrected chi connectivity index (χ4v) is 4.04. The molecule has 3 aromatic rings. The van der Waals surface area contributed by atoms with Crippen LogP contribution in [0, 0.1) is 0 Å². The molecule has 6 nitrogen and oxygen atoms in total. The summed E-state index contributed by atoms with van der Waals surface area (Å²) in [6, 6.07) is 13.7. The molecule has 1 atom stereocenters. The van der Waals surface area contributed by atoms with Gasteiger partial charge >= 0.3 is 6.18 Å². The predicted octanol–water partition coefficient (Wildman–Crippen LogP) is 4.09. The van der Waals surface area contributed by atoms with Gasteiger partial charge in [-0.1, -0.05) is 30.3 Å². The maximum atomic E-state index is 13.2. The standard InChI is InChI=1S/C23H22F3N3O3/c1-31-18-12-16-8-11-29(21(30)14-28-10-9-20(27-28)23(24,25)26)22(15-6-4-3-5-7-15)17(16)13-19(18)32-2/h3-7,9-10,12-13,22H,8,11,14H2,1-2H3. The van der Waals surface area contributed by atoms with E-state index in [1.165, 1.54) is 6.20 Å². The van der Waals surface area contributed by atoms with Crippen LogP contribution in [0.4, 0.5) is 13.2 Å². The number of hydrogen-bond donors (Lipinski definition) is 0. The molecule has 0 bridgehead atoms. The van der Waals surface area contributed by atoms with Gasteiger partial charge in [0.2, 0.25) is 5.91 Å². The van der Waals surface area contributed by atoms with Crippen LogP contribution in [0.3, 0.4) is 0 Å². The number of halogens is 3. The summed E-state index contributed by atoms with van der Waals surface area (Å²) in [6.07, 6.45) is -2.80. The lowest BCUT2D eigenvalue weighted by Gasteiger charge is -2.38. The van der Waals surface area contributed by atoms with Crippen LogP contribution in [-0.2, 0) is 23.9 Å². The fraction of sp³-hybridized carbons (Fsp3) is 0.304. The molecule has 4 rings (SSSR count). The Balaban J connectivity index is 1.70. The molecule has 168 valence electrons. The van der Waals surface area contributed by atoms with Crippen molar-refractivity contribution in [1.29, 1.82) is 0 Å². The molecule has 2 heterocycles. The Morgan fingerprint density at radius 1 is 1.09 bits per heavy atom. The molecule has 0 fully saturated rings. The second kappa shape index (κ2) is 8.57. The highest BCUT2D eigenvalue weighted by Gasteiger charge is 2.35. The minimum atomic E-state index is -4.56. The summed E-state index contributed by atoms with van der Waals surface area (Å²) in [5.41, 5.74) is 1.79. The van der Waals surface area contributed by atoms with E-state index in [-0.39, 0.29) is 12.5 Å². The average Bonchev–Trinajstić information content (AvgIpc) is 3.27. The number of methoxy groups -OCH3 is 2. The minimum Gasteiger partial charge on any atom is -0.493 e. The van der Waals surface area contributed by atoms with Gasteiger partial charge in [0.15, 0.2) is 17.2 Å². The van der Waals surface area contributed by atoms with Crippen LogP contribution in [0.2, 0.25) is 0 Å². The Kier molecular flexibility index (Phi) is 5.82. The smallest absolute Gasteiger partial charge is 0.435 e. The first kappa shape index (κ1) is 21.7. The van der Waals surface area contributed by atoms with E-state index in [2.05, 4.69) is 5.10 Å². The number of aromatic nitrogens is 2. The molecule has 32 heavy (non-hydrogen) atoms. The molecule has 0 radical (unpaired) electrons. The SMILES string of the molecule is COc1cc2c(cc1OC)C(c1ccccc1)N(C(=O)Cn1ccc(C(F)(F)F)n1)CC2. The Bertz CT molecular complexity index is 1110. The zero-order valence-electron chi connectivity index (χ0n) is 17.6. The van der Waals surface area contributed by atoms with E-state index in [1.54, 1.807) is 19.1 Å². The normalized spacial score (nSPS) is 15.9. The van der Waals surface area contributed by atoms with E-state index >= 15 is 0 Å². The molecule has 0 saturated carbocycles. The van der Waals surface area contributed by atoms with Crippen LogP contribution in [0.5, 0.6) is 11.5 Å². The second-order valence-corrected chi connectivity index (χ2v) is 7.45. The van der Waals surface area contributed by atoms with Crippen LogP contribution in [-0.4, -0.2) is 41.4 Å². The largest absolute Gasteiger partial charge is 0.493 e. The third kappa shape index (κ3) is 4.15. The summed E-state index contributed by atoms with van der Waals surface area (Å²) in [4.78, 5) is 14.9. The highest BCUT2D eigenvalue weighted by molar-refractivity contribution is 5.77. The highest BCUT2D eigenvalue weighted by Crippen LogP contribution is 2.41. The maximum absolute atomic E-state index is 13.2. The summed E-state index contributed by atoms with van der Waals surface area (Å²) in [5.74, 6) is 0.827. The third-order valence-corrected chi connectivity index (χ3v) is 5.54. The van der Waals surface area contributed by atoms with E-state index in [4.69, 9.17) is 9.47 Å². The second-order valence-electron chi connectivity index (χ2n) is 7.45. The van der Waals surface area contributed by atoms with E-state index in [0.29, 0.717) is 24.5 Å². The van der Waals surface area contributed by atoms with Gasteiger partial charge in [0.25, 0.3) is 0 Å². The Morgan fingerprint density at radius 3 is 2.41 bits per heavy atom. The summed E-state index contributed by atoms with van der Waals surface area (Å²) >= 11 is 0. The maximum Gasteiger partial charge on any atom is 0.435 e. The van der Waals surface area contributed by atoms with Crippen LogP contribution < -0.4 is 9.47 Å². The van der Waals surface area contributed by atoms with Gasteiger partial charge in [-0.2, -0.15) is 18.3 Å². The van der Waals surface area contributed by atoms with Gasteiger partial charge in [-0.3, -0.25) is 9.48 Å². The molecule has 1 aliphatic heterocycles. The number of benzene rings is 2. The summed E-state index contributed by atoms with van der Waals surface area (Å²) < 4.78 is 50.6. The molecule has 0 aliphatic carbocycles. The highest BCUT2D eigenvalue weighted by atomic mass is 19.4. The lowest BCUT2D eigenvalue weighted by atomic mass is 9.87. The predicted molar refractivity (Wildman–Crippen MR) is 110 cm³/mol. The summed E-state index contributed by atoms with van der Waals surface area (Å²) in [6.45, 7) is 0.121. The molecule has 1 aromatic heterocycles. The number of alkyl halides is 3. The summed E-state index contributed by atoms with van der Waals surface area (Å²) in [5, 5.41) is 3.52. The lowest BCUT2D eigenvalue weighted by molar-refractivity contribution is -0.142. The van der Waals surface area contributed by atoms with Crippen molar-refractivity contribution in [3.05, 3.63) is 77.1 Å². The van der Waals surface area contributed by atoms with Gasteiger partial charge in [-0.15, -0.1) is 0 Å². The number of carbonyl (C=O) groups is 1. The summed E-state index contributed by atoms with van der Waals surface area (Å²) in [7, 11) is 3.11. The molecule has 1 amide bonds. The number of amides is 1. The monoisotopic (exact) mass is 445 g/mol. The Hall–Kier alpha value is -3.49. The van der Waals surface area contributed by atoms with Gasteiger partial charge in [0.1, 0.15) is 6.54 Å². The first-order valence-corrected chi connectivity index (χ1v) is 10.0. The first-order chi connectivity index (χ1) is 15.3. The van der Waals surface area contributed by atoms with Crippen LogP contribution >= 0.6 is 0 Å². The van der Waals surface area contributed by atoms with E-state index < -0.39 is 17.9 Å². The average molecular weight is 445 g/mol. The number of nitrogens with zero attached hydrogens (tertiary/aromatic N) is 3. The number of ether oxygens (including phenoxy) is 2. The van der Waals surface area contributed by atoms with E-state index in [9.17, 15) is 18.0 Å². The van der Waals surface area contributed by atoms with Crippen LogP contribution in [0.15, 0.2) is 54.7 Å². The quantitative estimate of drug-likeness (QED) is 0.594. The molecule has 0 saturated heterocycles. The third-order valence-electron chi connectivity index (χ3n) is 5.54. The van der Waals surface area contributed by atoms with Crippen LogP contribution in [0.1, 0.15) is 28.4 Å². The van der Waals surface area contributed by atoms with Gasteiger partial charge in [0.05, 0.1) is 20.3 Å². The number of carbonyl (C=O) groups excluding carboxylic acids is 1. The van der Waals surface area contributed by atoms with Gasteiger partial charge in [-0.25, -0.2) is 0 Å². The molecule has 0 spiro atoms. The number of fused-ring (bicyclic) bond motifs is 1. The zero-order chi connectivity index (χ0) is 22.9. The molecular formula is C23H22F3N3O3. The number of hydrogen-bond acceptors (Lipinski definition) is 4. The zero-order valence-corrected chi connectivity index (χ0v) is 17.6. The topological polar surface area (TPSA) is 56.6 Å².